The first-order valence-corrected chi connectivity index (χ1v) is 15.1. The molecule has 14 atom stereocenters. The van der Waals surface area contributed by atoms with Gasteiger partial charge in [-0.05, 0) is 76.4 Å². The van der Waals surface area contributed by atoms with Crippen LogP contribution in [0.3, 0.4) is 0 Å². The van der Waals surface area contributed by atoms with E-state index >= 15 is 0 Å². The summed E-state index contributed by atoms with van der Waals surface area (Å²) in [4.78, 5) is 0. The van der Waals surface area contributed by atoms with E-state index in [1.165, 1.54) is 0 Å². The fraction of sp³-hybridized carbons (Fsp3) is 0.778. The summed E-state index contributed by atoms with van der Waals surface area (Å²) in [5.74, 6) is 0. The van der Waals surface area contributed by atoms with Crippen LogP contribution in [0.25, 0.3) is 0 Å². The van der Waals surface area contributed by atoms with Gasteiger partial charge in [0.05, 0.1) is 0 Å². The average molecular weight is 479 g/mol. The van der Waals surface area contributed by atoms with Crippen molar-refractivity contribution in [2.75, 3.05) is 0 Å². The molecule has 0 radical (unpaired) electrons. The maximum atomic E-state index is 2.82. The van der Waals surface area contributed by atoms with Gasteiger partial charge in [0.15, 0.2) is 0 Å². The Morgan fingerprint density at radius 3 is 0.556 bits per heavy atom. The first-order chi connectivity index (χ1) is 16.2. The van der Waals surface area contributed by atoms with E-state index in [2.05, 4.69) is 121 Å². The minimum absolute atomic E-state index is 0.245. The van der Waals surface area contributed by atoms with Crippen molar-refractivity contribution in [1.82, 2.24) is 0 Å². The molecule has 0 heteroatoms. The fourth-order valence-corrected chi connectivity index (χ4v) is 21.1. The van der Waals surface area contributed by atoms with Crippen LogP contribution in [0.5, 0.6) is 0 Å². The summed E-state index contributed by atoms with van der Waals surface area (Å²) in [6, 6.07) is 0. The van der Waals surface area contributed by atoms with Gasteiger partial charge in [0.2, 0.25) is 0 Å². The van der Waals surface area contributed by atoms with E-state index in [1.807, 2.05) is 0 Å². The van der Waals surface area contributed by atoms with Crippen LogP contribution in [0.2, 0.25) is 0 Å². The Morgan fingerprint density at radius 1 is 0.250 bits per heavy atom. The highest BCUT2D eigenvalue weighted by molar-refractivity contribution is 5.81. The van der Waals surface area contributed by atoms with Crippen molar-refractivity contribution >= 4 is 0 Å². The molecule has 0 aromatic heterocycles. The van der Waals surface area contributed by atoms with Crippen molar-refractivity contribution in [3.63, 3.8) is 0 Å². The average Bonchev–Trinajstić information content (AvgIpc) is 2.84. The van der Waals surface area contributed by atoms with Crippen molar-refractivity contribution in [2.24, 2.45) is 75.8 Å². The standard InChI is InChI=1S/C36H46/c1-23-19-15-16-21-22-18-17-20(19)24(23,2)28(6)27(23,5)31(9)32(28,10)36(14)34(12)30(8)25(21,3)26(22,4)29(30,7)33(34,11)35(31,36)13/h15-18H,1-14H3/b16-15?,18-17?,19-15-,20-17-,21-16?,22-18?. The monoisotopic (exact) mass is 478 g/mol. The number of hydrogen-bond donors (Lipinski definition) is 0. The summed E-state index contributed by atoms with van der Waals surface area (Å²) >= 11 is 0. The zero-order chi connectivity index (χ0) is 26.1. The zero-order valence-electron chi connectivity index (χ0n) is 25.3. The molecular formula is C36H46. The third-order valence-corrected chi connectivity index (χ3v) is 22.6. The second-order valence-electron chi connectivity index (χ2n) is 18.1. The van der Waals surface area contributed by atoms with Gasteiger partial charge < -0.3 is 0 Å². The van der Waals surface area contributed by atoms with Crippen LogP contribution >= 0.6 is 0 Å². The molecule has 190 valence electrons. The molecule has 0 aliphatic heterocycles. The molecule has 0 amide bonds. The Labute approximate surface area is 219 Å². The molecule has 9 aliphatic rings. The minimum Gasteiger partial charge on any atom is -0.0579 e. The van der Waals surface area contributed by atoms with E-state index in [9.17, 15) is 0 Å². The Bertz CT molecular complexity index is 1340. The van der Waals surface area contributed by atoms with Crippen LogP contribution in [-0.2, 0) is 0 Å². The molecule has 0 spiro atoms. The maximum absolute atomic E-state index is 2.82. The summed E-state index contributed by atoms with van der Waals surface area (Å²) in [6.45, 7) is 38.7. The molecule has 0 heterocycles. The van der Waals surface area contributed by atoms with Gasteiger partial charge >= 0.3 is 0 Å². The Hall–Kier alpha value is -1.04. The van der Waals surface area contributed by atoms with Crippen molar-refractivity contribution in [1.29, 1.82) is 0 Å². The molecule has 14 unspecified atom stereocenters. The first-order valence-electron chi connectivity index (χ1n) is 15.1. The summed E-state index contributed by atoms with van der Waals surface area (Å²) < 4.78 is 0. The highest BCUT2D eigenvalue weighted by Gasteiger charge is 3.22. The van der Waals surface area contributed by atoms with Gasteiger partial charge in [0.25, 0.3) is 0 Å². The number of allylic oxidation sites excluding steroid dienone is 8. The van der Waals surface area contributed by atoms with Gasteiger partial charge in [-0.15, -0.1) is 0 Å². The number of hydrogen-bond acceptors (Lipinski definition) is 0. The van der Waals surface area contributed by atoms with Crippen molar-refractivity contribution < 1.29 is 0 Å². The molecule has 0 aromatic rings. The summed E-state index contributed by atoms with van der Waals surface area (Å²) in [7, 11) is 0. The lowest BCUT2D eigenvalue weighted by molar-refractivity contribution is -0.749. The van der Waals surface area contributed by atoms with Gasteiger partial charge in [-0.25, -0.2) is 0 Å². The van der Waals surface area contributed by atoms with Gasteiger partial charge in [-0.1, -0.05) is 121 Å². The number of fused-ring (bicyclic) bond motifs is 25. The molecule has 8 fully saturated rings. The van der Waals surface area contributed by atoms with Crippen LogP contribution in [-0.4, -0.2) is 0 Å². The van der Waals surface area contributed by atoms with Gasteiger partial charge in [0.1, 0.15) is 0 Å². The maximum Gasteiger partial charge on any atom is 0.00926 e. The molecule has 0 aromatic carbocycles. The zero-order valence-corrected chi connectivity index (χ0v) is 25.3. The van der Waals surface area contributed by atoms with E-state index < -0.39 is 0 Å². The lowest BCUT2D eigenvalue weighted by atomic mass is 8.80. The smallest absolute Gasteiger partial charge is 0.00926 e. The Balaban J connectivity index is 1.48. The normalized spacial score (nSPS) is 84.5. The van der Waals surface area contributed by atoms with E-state index in [-0.39, 0.29) is 21.7 Å². The lowest BCUT2D eigenvalue weighted by Gasteiger charge is -3.22. The molecule has 0 nitrogen and oxygen atoms in total. The summed E-state index contributed by atoms with van der Waals surface area (Å²) in [5, 5.41) is 0. The largest absolute Gasteiger partial charge is 0.0579 e. The Morgan fingerprint density at radius 2 is 0.389 bits per heavy atom. The van der Waals surface area contributed by atoms with Crippen LogP contribution in [0.1, 0.15) is 96.9 Å². The predicted octanol–water partition coefficient (Wildman–Crippen LogP) is 8.92. The third kappa shape index (κ3) is 0.749. The molecule has 36 heavy (non-hydrogen) atoms. The summed E-state index contributed by atoms with van der Waals surface area (Å²) in [5.41, 5.74) is 10.9. The van der Waals surface area contributed by atoms with Crippen LogP contribution in [0.4, 0.5) is 0 Å². The van der Waals surface area contributed by atoms with Crippen LogP contribution < -0.4 is 0 Å². The van der Waals surface area contributed by atoms with E-state index in [0.717, 1.165) is 0 Å². The highest BCUT2D eigenvalue weighted by Crippen LogP contribution is 3.25. The topological polar surface area (TPSA) is 0 Å². The SMILES string of the molecule is CC12C3=C/C=C4/C5=C/C=C3C1(C)C1(C)C2(C)C2(C)C1(C)C1(C)C3(C)C6(C)C4(C)C5(C)C6(C)C3(C)C21C. The molecule has 8 saturated carbocycles. The fourth-order valence-electron chi connectivity index (χ4n) is 21.1. The first kappa shape index (κ1) is 20.9. The molecule has 0 bridgehead atoms. The van der Waals surface area contributed by atoms with Gasteiger partial charge in [-0.2, -0.15) is 0 Å². The Kier molecular flexibility index (Phi) is 2.18. The molecule has 9 aliphatic carbocycles. The molecular weight excluding hydrogens is 432 g/mol. The van der Waals surface area contributed by atoms with Crippen LogP contribution in [0, 0.1) is 75.8 Å². The van der Waals surface area contributed by atoms with E-state index in [0.29, 0.717) is 54.1 Å². The van der Waals surface area contributed by atoms with Gasteiger partial charge in [0, 0.05) is 21.7 Å². The van der Waals surface area contributed by atoms with E-state index in [4.69, 9.17) is 0 Å². The third-order valence-electron chi connectivity index (χ3n) is 22.6. The lowest BCUT2D eigenvalue weighted by Crippen LogP contribution is -3.19. The molecule has 0 saturated heterocycles. The van der Waals surface area contributed by atoms with Crippen molar-refractivity contribution in [3.8, 4) is 0 Å². The van der Waals surface area contributed by atoms with Crippen LogP contribution in [0.15, 0.2) is 46.6 Å². The van der Waals surface area contributed by atoms with Gasteiger partial charge in [-0.3, -0.25) is 0 Å². The quantitative estimate of drug-likeness (QED) is 0.305. The molecule has 9 rings (SSSR count). The van der Waals surface area contributed by atoms with Crippen molar-refractivity contribution in [3.05, 3.63) is 46.6 Å². The van der Waals surface area contributed by atoms with Crippen molar-refractivity contribution in [2.45, 2.75) is 96.9 Å². The predicted molar refractivity (Wildman–Crippen MR) is 146 cm³/mol. The second kappa shape index (κ2) is 3.77. The second-order valence-corrected chi connectivity index (χ2v) is 18.1. The highest BCUT2D eigenvalue weighted by atomic mass is 15.2. The number of rotatable bonds is 0. The van der Waals surface area contributed by atoms with E-state index in [1.54, 1.807) is 22.3 Å². The summed E-state index contributed by atoms with van der Waals surface area (Å²) in [6.07, 6.45) is 10.5. The molecule has 0 N–H and O–H groups in total. The minimum atomic E-state index is 0.245.